The predicted octanol–water partition coefficient (Wildman–Crippen LogP) is 0.978. The van der Waals surface area contributed by atoms with E-state index in [0.29, 0.717) is 13.1 Å². The molecule has 0 unspecified atom stereocenters. The Labute approximate surface area is 122 Å². The van der Waals surface area contributed by atoms with Crippen molar-refractivity contribution >= 4 is 21.4 Å². The van der Waals surface area contributed by atoms with Crippen LogP contribution in [-0.2, 0) is 16.6 Å². The molecule has 0 aromatic carbocycles. The lowest BCUT2D eigenvalue weighted by Gasteiger charge is -2.33. The van der Waals surface area contributed by atoms with Crippen molar-refractivity contribution in [1.82, 2.24) is 19.4 Å². The van der Waals surface area contributed by atoms with Crippen LogP contribution < -0.4 is 0 Å². The molecule has 8 heteroatoms. The third kappa shape index (κ3) is 2.78. The molecular weight excluding hydrogens is 296 g/mol. The Bertz CT molecular complexity index is 629. The zero-order valence-corrected chi connectivity index (χ0v) is 12.5. The number of H-pyrrole nitrogens is 1. The Balaban J connectivity index is 1.61. The zero-order chi connectivity index (χ0) is 14.0. The maximum atomic E-state index is 12.3. The molecule has 3 rings (SSSR count). The first-order chi connectivity index (χ1) is 9.66. The Morgan fingerprint density at radius 1 is 1.25 bits per heavy atom. The second-order valence-electron chi connectivity index (χ2n) is 4.73. The Morgan fingerprint density at radius 3 is 2.65 bits per heavy atom. The van der Waals surface area contributed by atoms with Crippen LogP contribution >= 0.6 is 11.3 Å². The fourth-order valence-electron chi connectivity index (χ4n) is 2.29. The molecule has 0 atom stereocenters. The largest absolute Gasteiger partial charge is 0.296 e. The summed E-state index contributed by atoms with van der Waals surface area (Å²) in [6.07, 6.45) is 1.46. The van der Waals surface area contributed by atoms with E-state index in [4.69, 9.17) is 0 Å². The fraction of sp³-hybridized carbons (Fsp3) is 0.417. The number of sulfonamides is 1. The van der Waals surface area contributed by atoms with Crippen molar-refractivity contribution in [3.8, 4) is 0 Å². The lowest BCUT2D eigenvalue weighted by atomic mass is 10.3. The van der Waals surface area contributed by atoms with Crippen LogP contribution in [0.4, 0.5) is 0 Å². The summed E-state index contributed by atoms with van der Waals surface area (Å²) < 4.78 is 26.1. The van der Waals surface area contributed by atoms with E-state index < -0.39 is 10.0 Å². The van der Waals surface area contributed by atoms with Crippen LogP contribution in [0.1, 0.15) is 5.56 Å². The van der Waals surface area contributed by atoms with Crippen molar-refractivity contribution in [3.63, 3.8) is 0 Å². The molecule has 0 spiro atoms. The number of nitrogens with zero attached hydrogens (tertiary/aromatic N) is 3. The summed E-state index contributed by atoms with van der Waals surface area (Å²) in [5.41, 5.74) is 1.29. The summed E-state index contributed by atoms with van der Waals surface area (Å²) in [7, 11) is -3.41. The molecular formula is C12H16N4O2S2. The molecule has 1 N–H and O–H groups in total. The summed E-state index contributed by atoms with van der Waals surface area (Å²) in [6, 6.07) is 3.60. The first kappa shape index (κ1) is 13.7. The monoisotopic (exact) mass is 312 g/mol. The highest BCUT2D eigenvalue weighted by molar-refractivity contribution is 7.89. The lowest BCUT2D eigenvalue weighted by molar-refractivity contribution is 0.181. The van der Waals surface area contributed by atoms with Crippen LogP contribution in [0.15, 0.2) is 34.1 Å². The third-order valence-electron chi connectivity index (χ3n) is 3.41. The number of rotatable bonds is 4. The van der Waals surface area contributed by atoms with Crippen molar-refractivity contribution in [2.24, 2.45) is 0 Å². The van der Waals surface area contributed by atoms with E-state index in [2.05, 4.69) is 31.9 Å². The minimum atomic E-state index is -3.41. The van der Waals surface area contributed by atoms with Crippen molar-refractivity contribution in [1.29, 1.82) is 0 Å². The molecule has 0 amide bonds. The Morgan fingerprint density at radius 2 is 2.05 bits per heavy atom. The van der Waals surface area contributed by atoms with Crippen LogP contribution in [0.3, 0.4) is 0 Å². The molecule has 108 valence electrons. The average molecular weight is 312 g/mol. The molecule has 1 saturated heterocycles. The van der Waals surface area contributed by atoms with Gasteiger partial charge in [-0.25, -0.2) is 8.42 Å². The molecule has 2 aromatic heterocycles. The van der Waals surface area contributed by atoms with Gasteiger partial charge in [0.2, 0.25) is 0 Å². The minimum Gasteiger partial charge on any atom is -0.296 e. The quantitative estimate of drug-likeness (QED) is 0.913. The van der Waals surface area contributed by atoms with Gasteiger partial charge >= 0.3 is 0 Å². The van der Waals surface area contributed by atoms with E-state index in [-0.39, 0.29) is 5.03 Å². The van der Waals surface area contributed by atoms with Crippen LogP contribution in [0, 0.1) is 0 Å². The van der Waals surface area contributed by atoms with Crippen LogP contribution in [-0.4, -0.2) is 54.0 Å². The van der Waals surface area contributed by atoms with Crippen molar-refractivity contribution in [2.45, 2.75) is 11.6 Å². The molecule has 3 heterocycles. The smallest absolute Gasteiger partial charge is 0.260 e. The van der Waals surface area contributed by atoms with E-state index in [1.807, 2.05) is 0 Å². The second kappa shape index (κ2) is 5.65. The van der Waals surface area contributed by atoms with E-state index in [9.17, 15) is 8.42 Å². The maximum absolute atomic E-state index is 12.3. The molecule has 2 aromatic rings. The number of hydrogen-bond acceptors (Lipinski definition) is 5. The SMILES string of the molecule is O=S(=O)(c1ccn[nH]1)N1CCN(Cc2ccsc2)CC1. The highest BCUT2D eigenvalue weighted by atomic mass is 32.2. The van der Waals surface area contributed by atoms with Gasteiger partial charge in [0.05, 0.1) is 6.20 Å². The molecule has 0 radical (unpaired) electrons. The Hall–Kier alpha value is -1.22. The van der Waals surface area contributed by atoms with Crippen molar-refractivity contribution < 1.29 is 8.42 Å². The number of piperazine rings is 1. The lowest BCUT2D eigenvalue weighted by Crippen LogP contribution is -2.48. The first-order valence-corrected chi connectivity index (χ1v) is 8.77. The minimum absolute atomic E-state index is 0.170. The fourth-order valence-corrected chi connectivity index (χ4v) is 4.28. The summed E-state index contributed by atoms with van der Waals surface area (Å²) in [5.74, 6) is 0. The molecule has 1 fully saturated rings. The standard InChI is InChI=1S/C12H16N4O2S2/c17-20(18,12-1-3-13-14-12)16-6-4-15(5-7-16)9-11-2-8-19-10-11/h1-3,8,10H,4-7,9H2,(H,13,14). The van der Waals surface area contributed by atoms with E-state index >= 15 is 0 Å². The van der Waals surface area contributed by atoms with Crippen LogP contribution in [0.2, 0.25) is 0 Å². The molecule has 1 aliphatic rings. The van der Waals surface area contributed by atoms with Gasteiger partial charge in [-0.05, 0) is 28.5 Å². The Kier molecular flexibility index (Phi) is 3.88. The number of nitrogens with one attached hydrogen (secondary N) is 1. The van der Waals surface area contributed by atoms with Crippen molar-refractivity contribution in [3.05, 3.63) is 34.7 Å². The number of aromatic amines is 1. The van der Waals surface area contributed by atoms with Gasteiger partial charge < -0.3 is 0 Å². The van der Waals surface area contributed by atoms with E-state index in [1.165, 1.54) is 22.1 Å². The van der Waals surface area contributed by atoms with Gasteiger partial charge in [-0.2, -0.15) is 20.7 Å². The van der Waals surface area contributed by atoms with Gasteiger partial charge in [-0.1, -0.05) is 0 Å². The first-order valence-electron chi connectivity index (χ1n) is 6.39. The van der Waals surface area contributed by atoms with Crippen LogP contribution in [0.25, 0.3) is 0 Å². The highest BCUT2D eigenvalue weighted by Gasteiger charge is 2.29. The molecule has 0 saturated carbocycles. The molecule has 20 heavy (non-hydrogen) atoms. The normalized spacial score (nSPS) is 18.4. The van der Waals surface area contributed by atoms with Crippen molar-refractivity contribution in [2.75, 3.05) is 26.2 Å². The average Bonchev–Trinajstić information content (AvgIpc) is 3.12. The number of thiophene rings is 1. The van der Waals surface area contributed by atoms with E-state index in [0.717, 1.165) is 19.6 Å². The maximum Gasteiger partial charge on any atom is 0.260 e. The highest BCUT2D eigenvalue weighted by Crippen LogP contribution is 2.17. The van der Waals surface area contributed by atoms with Gasteiger partial charge in [0.15, 0.2) is 5.03 Å². The van der Waals surface area contributed by atoms with Crippen LogP contribution in [0.5, 0.6) is 0 Å². The number of aromatic nitrogens is 2. The van der Waals surface area contributed by atoms with Gasteiger partial charge in [0.1, 0.15) is 0 Å². The van der Waals surface area contributed by atoms with Gasteiger partial charge in [0.25, 0.3) is 10.0 Å². The molecule has 1 aliphatic heterocycles. The van der Waals surface area contributed by atoms with Gasteiger partial charge in [-0.15, -0.1) is 0 Å². The molecule has 0 aliphatic carbocycles. The number of hydrogen-bond donors (Lipinski definition) is 1. The van der Waals surface area contributed by atoms with Gasteiger partial charge in [-0.3, -0.25) is 10.00 Å². The molecule has 6 nitrogen and oxygen atoms in total. The summed E-state index contributed by atoms with van der Waals surface area (Å²) >= 11 is 1.69. The topological polar surface area (TPSA) is 69.3 Å². The summed E-state index contributed by atoms with van der Waals surface area (Å²) in [6.45, 7) is 3.44. The zero-order valence-electron chi connectivity index (χ0n) is 10.9. The molecule has 0 bridgehead atoms. The van der Waals surface area contributed by atoms with Gasteiger partial charge in [0, 0.05) is 32.7 Å². The second-order valence-corrected chi connectivity index (χ2v) is 7.42. The van der Waals surface area contributed by atoms with E-state index in [1.54, 1.807) is 11.3 Å². The third-order valence-corrected chi connectivity index (χ3v) is 5.97. The summed E-state index contributed by atoms with van der Waals surface area (Å²) in [4.78, 5) is 2.28. The predicted molar refractivity (Wildman–Crippen MR) is 76.9 cm³/mol. The summed E-state index contributed by atoms with van der Waals surface area (Å²) in [5, 5.41) is 10.6.